The van der Waals surface area contributed by atoms with Crippen LogP contribution in [0.3, 0.4) is 0 Å². The van der Waals surface area contributed by atoms with Crippen LogP contribution in [0.2, 0.25) is 0 Å². The summed E-state index contributed by atoms with van der Waals surface area (Å²) in [6.45, 7) is 0.708. The number of nitrogens with one attached hydrogen (secondary N) is 1. The van der Waals surface area contributed by atoms with Gasteiger partial charge in [0.2, 0.25) is 11.8 Å². The largest absolute Gasteiger partial charge is 0.586 e. The normalized spacial score (nSPS) is 21.2. The number of fused-ring (bicyclic) bond motifs is 1. The molecule has 2 aliphatic rings. The number of rotatable bonds is 4. The first-order chi connectivity index (χ1) is 11.7. The van der Waals surface area contributed by atoms with Gasteiger partial charge in [0.1, 0.15) is 0 Å². The first-order valence-electron chi connectivity index (χ1n) is 7.90. The smallest absolute Gasteiger partial charge is 0.395 e. The topological polar surface area (TPSA) is 71.1 Å². The van der Waals surface area contributed by atoms with Crippen LogP contribution in [0.25, 0.3) is 0 Å². The minimum absolute atomic E-state index is 0.0318. The standard InChI is InChI=1S/C16H19F2N3O4/c1-20(2)15(23)11-4-3-7-21(11)9-14(22)19-10-5-6-12-13(8-10)25-16(17,18)24-12/h5-6,8,11H,3-4,7,9H2,1-2H3,(H,19,22). The maximum absolute atomic E-state index is 13.0. The number of hydrogen-bond acceptors (Lipinski definition) is 5. The van der Waals surface area contributed by atoms with Crippen molar-refractivity contribution in [2.24, 2.45) is 0 Å². The molecule has 25 heavy (non-hydrogen) atoms. The van der Waals surface area contributed by atoms with E-state index in [1.807, 2.05) is 4.90 Å². The van der Waals surface area contributed by atoms with Crippen molar-refractivity contribution in [3.05, 3.63) is 18.2 Å². The molecule has 0 aromatic heterocycles. The van der Waals surface area contributed by atoms with Crippen LogP contribution in [-0.4, -0.2) is 61.1 Å². The Morgan fingerprint density at radius 3 is 2.76 bits per heavy atom. The fraction of sp³-hybridized carbons (Fsp3) is 0.500. The summed E-state index contributed by atoms with van der Waals surface area (Å²) in [6.07, 6.45) is -2.14. The molecule has 3 rings (SSSR count). The zero-order valence-electron chi connectivity index (χ0n) is 13.9. The molecule has 1 N–H and O–H groups in total. The zero-order chi connectivity index (χ0) is 18.2. The van der Waals surface area contributed by atoms with Crippen LogP contribution in [-0.2, 0) is 9.59 Å². The molecular formula is C16H19F2N3O4. The summed E-state index contributed by atoms with van der Waals surface area (Å²) in [7, 11) is 3.36. The third kappa shape index (κ3) is 3.81. The summed E-state index contributed by atoms with van der Waals surface area (Å²) in [5.74, 6) is -0.580. The second-order valence-electron chi connectivity index (χ2n) is 6.24. The average molecular weight is 355 g/mol. The monoisotopic (exact) mass is 355 g/mol. The van der Waals surface area contributed by atoms with Crippen molar-refractivity contribution in [3.8, 4) is 11.5 Å². The molecule has 1 aromatic carbocycles. The lowest BCUT2D eigenvalue weighted by Gasteiger charge is -2.25. The summed E-state index contributed by atoms with van der Waals surface area (Å²) >= 11 is 0. The molecule has 1 fully saturated rings. The highest BCUT2D eigenvalue weighted by atomic mass is 19.3. The van der Waals surface area contributed by atoms with Gasteiger partial charge >= 0.3 is 6.29 Å². The van der Waals surface area contributed by atoms with E-state index in [0.717, 1.165) is 6.42 Å². The molecule has 0 radical (unpaired) electrons. The average Bonchev–Trinajstić information content (AvgIpc) is 3.08. The fourth-order valence-electron chi connectivity index (χ4n) is 3.00. The minimum atomic E-state index is -3.69. The van der Waals surface area contributed by atoms with E-state index in [1.165, 1.54) is 23.1 Å². The Kier molecular flexibility index (Phi) is 4.51. The highest BCUT2D eigenvalue weighted by Crippen LogP contribution is 2.42. The Morgan fingerprint density at radius 1 is 1.32 bits per heavy atom. The van der Waals surface area contributed by atoms with Crippen LogP contribution in [0.1, 0.15) is 12.8 Å². The Bertz CT molecular complexity index is 696. The SMILES string of the molecule is CN(C)C(=O)C1CCCN1CC(=O)Nc1ccc2c(c1)OC(F)(F)O2. The quantitative estimate of drug-likeness (QED) is 0.886. The molecule has 0 saturated carbocycles. The van der Waals surface area contributed by atoms with Gasteiger partial charge in [-0.1, -0.05) is 0 Å². The number of halogens is 2. The maximum atomic E-state index is 13.0. The van der Waals surface area contributed by atoms with Gasteiger partial charge in [0.05, 0.1) is 12.6 Å². The summed E-state index contributed by atoms with van der Waals surface area (Å²) in [6, 6.07) is 3.73. The van der Waals surface area contributed by atoms with Crippen molar-refractivity contribution in [2.45, 2.75) is 25.2 Å². The number of amides is 2. The number of carbonyl (C=O) groups is 2. The number of nitrogens with zero attached hydrogens (tertiary/aromatic N) is 2. The molecule has 1 atom stereocenters. The van der Waals surface area contributed by atoms with Crippen LogP contribution in [0.5, 0.6) is 11.5 Å². The van der Waals surface area contributed by atoms with Crippen molar-refractivity contribution in [1.29, 1.82) is 0 Å². The molecule has 1 aromatic rings. The van der Waals surface area contributed by atoms with Crippen molar-refractivity contribution in [3.63, 3.8) is 0 Å². The third-order valence-corrected chi connectivity index (χ3v) is 4.12. The summed E-state index contributed by atoms with van der Waals surface area (Å²) < 4.78 is 34.7. The van der Waals surface area contributed by atoms with Gasteiger partial charge in [0, 0.05) is 25.8 Å². The van der Waals surface area contributed by atoms with Crippen molar-refractivity contribution < 1.29 is 27.8 Å². The molecule has 0 aliphatic carbocycles. The minimum Gasteiger partial charge on any atom is -0.395 e. The molecule has 9 heteroatoms. The summed E-state index contributed by atoms with van der Waals surface area (Å²) in [5.41, 5.74) is 0.319. The fourth-order valence-corrected chi connectivity index (χ4v) is 3.00. The zero-order valence-corrected chi connectivity index (χ0v) is 13.9. The van der Waals surface area contributed by atoms with E-state index in [9.17, 15) is 18.4 Å². The van der Waals surface area contributed by atoms with Crippen LogP contribution in [0, 0.1) is 0 Å². The van der Waals surface area contributed by atoms with Gasteiger partial charge in [-0.25, -0.2) is 0 Å². The predicted molar refractivity (Wildman–Crippen MR) is 84.6 cm³/mol. The van der Waals surface area contributed by atoms with Crippen molar-refractivity contribution >= 4 is 17.5 Å². The lowest BCUT2D eigenvalue weighted by atomic mass is 10.2. The van der Waals surface area contributed by atoms with E-state index in [1.54, 1.807) is 14.1 Å². The number of alkyl halides is 2. The number of likely N-dealkylation sites (tertiary alicyclic amines) is 1. The Morgan fingerprint density at radius 2 is 2.04 bits per heavy atom. The van der Waals surface area contributed by atoms with Crippen LogP contribution in [0.4, 0.5) is 14.5 Å². The predicted octanol–water partition coefficient (Wildman–Crippen LogP) is 1.50. The molecule has 136 valence electrons. The molecular weight excluding hydrogens is 336 g/mol. The molecule has 0 spiro atoms. The first-order valence-corrected chi connectivity index (χ1v) is 7.90. The molecule has 7 nitrogen and oxygen atoms in total. The Balaban J connectivity index is 1.61. The van der Waals surface area contributed by atoms with Gasteiger partial charge in [-0.05, 0) is 31.5 Å². The lowest BCUT2D eigenvalue weighted by molar-refractivity contribution is -0.286. The number of anilines is 1. The molecule has 2 aliphatic heterocycles. The van der Waals surface area contributed by atoms with E-state index in [-0.39, 0.29) is 35.9 Å². The van der Waals surface area contributed by atoms with Crippen molar-refractivity contribution in [2.75, 3.05) is 32.5 Å². The van der Waals surface area contributed by atoms with Gasteiger partial charge in [-0.15, -0.1) is 8.78 Å². The van der Waals surface area contributed by atoms with E-state index in [4.69, 9.17) is 0 Å². The number of carbonyl (C=O) groups excluding carboxylic acids is 2. The molecule has 1 saturated heterocycles. The van der Waals surface area contributed by atoms with Crippen LogP contribution < -0.4 is 14.8 Å². The number of ether oxygens (including phenoxy) is 2. The van der Waals surface area contributed by atoms with Crippen LogP contribution in [0.15, 0.2) is 18.2 Å². The second-order valence-corrected chi connectivity index (χ2v) is 6.24. The molecule has 0 bridgehead atoms. The van der Waals surface area contributed by atoms with E-state index >= 15 is 0 Å². The molecule has 2 heterocycles. The second kappa shape index (κ2) is 6.47. The maximum Gasteiger partial charge on any atom is 0.586 e. The van der Waals surface area contributed by atoms with E-state index in [2.05, 4.69) is 14.8 Å². The van der Waals surface area contributed by atoms with Crippen molar-refractivity contribution in [1.82, 2.24) is 9.80 Å². The van der Waals surface area contributed by atoms with E-state index in [0.29, 0.717) is 18.7 Å². The summed E-state index contributed by atoms with van der Waals surface area (Å²) in [4.78, 5) is 27.7. The number of benzene rings is 1. The van der Waals surface area contributed by atoms with Gasteiger partial charge < -0.3 is 19.7 Å². The summed E-state index contributed by atoms with van der Waals surface area (Å²) in [5, 5.41) is 2.63. The van der Waals surface area contributed by atoms with Gasteiger partial charge in [0.15, 0.2) is 11.5 Å². The Hall–Kier alpha value is -2.42. The van der Waals surface area contributed by atoms with Gasteiger partial charge in [-0.2, -0.15) is 0 Å². The van der Waals surface area contributed by atoms with Gasteiger partial charge in [-0.3, -0.25) is 14.5 Å². The highest BCUT2D eigenvalue weighted by molar-refractivity contribution is 5.93. The number of likely N-dealkylation sites (N-methyl/N-ethyl adjacent to an activating group) is 1. The Labute approximate surface area is 143 Å². The number of hydrogen-bond donors (Lipinski definition) is 1. The highest BCUT2D eigenvalue weighted by Gasteiger charge is 2.43. The first kappa shape index (κ1) is 17.4. The lowest BCUT2D eigenvalue weighted by Crippen LogP contribution is -2.45. The third-order valence-electron chi connectivity index (χ3n) is 4.12. The molecule has 2 amide bonds. The molecule has 1 unspecified atom stereocenters. The van der Waals surface area contributed by atoms with E-state index < -0.39 is 6.29 Å². The van der Waals surface area contributed by atoms with Crippen LogP contribution >= 0.6 is 0 Å². The van der Waals surface area contributed by atoms with Gasteiger partial charge in [0.25, 0.3) is 0 Å².